The summed E-state index contributed by atoms with van der Waals surface area (Å²) in [7, 11) is 0. The van der Waals surface area contributed by atoms with Gasteiger partial charge >= 0.3 is 0 Å². The number of benzene rings is 2. The Hall–Kier alpha value is -3.45. The van der Waals surface area contributed by atoms with Gasteiger partial charge in [-0.15, -0.1) is 0 Å². The quantitative estimate of drug-likeness (QED) is 0.603. The van der Waals surface area contributed by atoms with Crippen molar-refractivity contribution in [2.24, 2.45) is 5.73 Å². The minimum absolute atomic E-state index is 0.0155. The average Bonchev–Trinajstić information content (AvgIpc) is 3.15. The van der Waals surface area contributed by atoms with Crippen molar-refractivity contribution in [1.82, 2.24) is 9.88 Å². The summed E-state index contributed by atoms with van der Waals surface area (Å²) in [6, 6.07) is 8.90. The van der Waals surface area contributed by atoms with E-state index in [1.54, 1.807) is 37.4 Å². The molecule has 8 heteroatoms. The lowest BCUT2D eigenvalue weighted by molar-refractivity contribution is -0.123. The Morgan fingerprint density at radius 1 is 1.28 bits per heavy atom. The van der Waals surface area contributed by atoms with E-state index in [-0.39, 0.29) is 16.3 Å². The third-order valence-corrected chi connectivity index (χ3v) is 5.94. The van der Waals surface area contributed by atoms with Crippen molar-refractivity contribution in [1.29, 1.82) is 0 Å². The van der Waals surface area contributed by atoms with Crippen molar-refractivity contribution in [3.8, 4) is 5.75 Å². The number of phenols is 1. The molecule has 0 radical (unpaired) electrons. The predicted molar refractivity (Wildman–Crippen MR) is 118 cm³/mol. The number of aromatic hydroxyl groups is 1. The number of aryl methyl sites for hydroxylation is 1. The van der Waals surface area contributed by atoms with Crippen LogP contribution in [0.1, 0.15) is 51.1 Å². The lowest BCUT2D eigenvalue weighted by Gasteiger charge is -2.36. The number of hydrogen-bond donors (Lipinski definition) is 2. The third-order valence-electron chi connectivity index (χ3n) is 5.72. The Labute approximate surface area is 189 Å². The second-order valence-electron chi connectivity index (χ2n) is 7.83. The van der Waals surface area contributed by atoms with Crippen molar-refractivity contribution in [2.45, 2.75) is 31.8 Å². The standard InChI is InChI=1S/C24H21ClFN3O3/c1-13-4-5-17(21(30)9-13)24(32)29(22(23(27)31)14-3-2-8-28-12-14)20-7-6-16-18(20)10-15(25)11-19(16)26/h2-5,8-12,20,22,30H,6-7H2,1H3,(H2,27,31)/t20-,22?/m1/s1. The van der Waals surface area contributed by atoms with Gasteiger partial charge in [0, 0.05) is 23.0 Å². The summed E-state index contributed by atoms with van der Waals surface area (Å²) >= 11 is 6.11. The zero-order valence-electron chi connectivity index (χ0n) is 17.3. The Bertz CT molecular complexity index is 1200. The van der Waals surface area contributed by atoms with E-state index < -0.39 is 29.7 Å². The highest BCUT2D eigenvalue weighted by atomic mass is 35.5. The van der Waals surface area contributed by atoms with Gasteiger partial charge in [0.05, 0.1) is 11.6 Å². The maximum atomic E-state index is 14.6. The van der Waals surface area contributed by atoms with Gasteiger partial charge in [-0.05, 0) is 66.8 Å². The normalized spacial score (nSPS) is 15.8. The number of carbonyl (C=O) groups is 2. The zero-order valence-corrected chi connectivity index (χ0v) is 18.0. The van der Waals surface area contributed by atoms with Gasteiger partial charge in [-0.25, -0.2) is 4.39 Å². The van der Waals surface area contributed by atoms with Gasteiger partial charge in [0.1, 0.15) is 17.6 Å². The Kier molecular flexibility index (Phi) is 5.84. The van der Waals surface area contributed by atoms with Crippen molar-refractivity contribution < 1.29 is 19.1 Å². The van der Waals surface area contributed by atoms with Crippen LogP contribution in [0.5, 0.6) is 5.75 Å². The molecule has 0 saturated carbocycles. The van der Waals surface area contributed by atoms with Gasteiger partial charge in [0.15, 0.2) is 0 Å². The summed E-state index contributed by atoms with van der Waals surface area (Å²) < 4.78 is 14.6. The van der Waals surface area contributed by atoms with Crippen LogP contribution >= 0.6 is 11.6 Å². The second kappa shape index (κ2) is 8.59. The Balaban J connectivity index is 1.90. The fourth-order valence-electron chi connectivity index (χ4n) is 4.31. The fraction of sp³-hybridized carbons (Fsp3) is 0.208. The second-order valence-corrected chi connectivity index (χ2v) is 8.27. The summed E-state index contributed by atoms with van der Waals surface area (Å²) in [4.78, 5) is 31.8. The fourth-order valence-corrected chi connectivity index (χ4v) is 4.52. The van der Waals surface area contributed by atoms with Crippen LogP contribution < -0.4 is 5.73 Å². The summed E-state index contributed by atoms with van der Waals surface area (Å²) in [6.07, 6.45) is 3.73. The number of nitrogens with two attached hydrogens (primary N) is 1. The van der Waals surface area contributed by atoms with Crippen LogP contribution in [0.25, 0.3) is 0 Å². The molecule has 1 unspecified atom stereocenters. The number of fused-ring (bicyclic) bond motifs is 1. The molecule has 1 aliphatic carbocycles. The molecule has 4 rings (SSSR count). The number of rotatable bonds is 5. The molecule has 0 saturated heterocycles. The van der Waals surface area contributed by atoms with Crippen LogP contribution in [0, 0.1) is 12.7 Å². The van der Waals surface area contributed by atoms with Gasteiger partial charge in [0.25, 0.3) is 5.91 Å². The summed E-state index contributed by atoms with van der Waals surface area (Å²) in [5.74, 6) is -2.05. The van der Waals surface area contributed by atoms with Gasteiger partial charge < -0.3 is 15.7 Å². The first-order chi connectivity index (χ1) is 15.3. The molecule has 0 aliphatic heterocycles. The number of nitrogens with zero attached hydrogens (tertiary/aromatic N) is 2. The molecule has 1 aromatic heterocycles. The number of phenolic OH excluding ortho intramolecular Hbond substituents is 1. The van der Waals surface area contributed by atoms with E-state index in [4.69, 9.17) is 17.3 Å². The summed E-state index contributed by atoms with van der Waals surface area (Å²) in [6.45, 7) is 1.78. The highest BCUT2D eigenvalue weighted by molar-refractivity contribution is 6.30. The van der Waals surface area contributed by atoms with Crippen molar-refractivity contribution in [3.63, 3.8) is 0 Å². The van der Waals surface area contributed by atoms with Crippen molar-refractivity contribution in [3.05, 3.63) is 93.5 Å². The molecule has 3 N–H and O–H groups in total. The number of aromatic nitrogens is 1. The Morgan fingerprint density at radius 2 is 2.06 bits per heavy atom. The van der Waals surface area contributed by atoms with Gasteiger partial charge in [0.2, 0.25) is 5.91 Å². The van der Waals surface area contributed by atoms with E-state index in [1.165, 1.54) is 29.3 Å². The van der Waals surface area contributed by atoms with Crippen molar-refractivity contribution >= 4 is 23.4 Å². The molecule has 2 aromatic carbocycles. The molecule has 0 spiro atoms. The minimum atomic E-state index is -1.19. The molecule has 6 nitrogen and oxygen atoms in total. The van der Waals surface area contributed by atoms with Crippen LogP contribution in [-0.4, -0.2) is 26.8 Å². The highest BCUT2D eigenvalue weighted by Gasteiger charge is 2.41. The first kappa shape index (κ1) is 21.8. The predicted octanol–water partition coefficient (Wildman–Crippen LogP) is 4.24. The molecular formula is C24H21ClFN3O3. The van der Waals surface area contributed by atoms with E-state index in [0.717, 1.165) is 5.56 Å². The molecule has 1 aliphatic rings. The first-order valence-corrected chi connectivity index (χ1v) is 10.4. The number of primary amides is 1. The number of carbonyl (C=O) groups excluding carboxylic acids is 2. The highest BCUT2D eigenvalue weighted by Crippen LogP contribution is 2.43. The van der Waals surface area contributed by atoms with Crippen LogP contribution in [0.15, 0.2) is 54.9 Å². The van der Waals surface area contributed by atoms with E-state index in [2.05, 4.69) is 4.98 Å². The first-order valence-electron chi connectivity index (χ1n) is 10.1. The topological polar surface area (TPSA) is 96.5 Å². The van der Waals surface area contributed by atoms with E-state index in [9.17, 15) is 19.1 Å². The largest absolute Gasteiger partial charge is 0.507 e. The summed E-state index contributed by atoms with van der Waals surface area (Å²) in [5.41, 5.74) is 7.93. The van der Waals surface area contributed by atoms with Crippen LogP contribution in [-0.2, 0) is 11.2 Å². The third kappa shape index (κ3) is 3.91. The van der Waals surface area contributed by atoms with Gasteiger partial charge in [-0.1, -0.05) is 23.7 Å². The molecule has 3 aromatic rings. The van der Waals surface area contributed by atoms with E-state index in [0.29, 0.717) is 29.5 Å². The van der Waals surface area contributed by atoms with E-state index in [1.807, 2.05) is 0 Å². The lowest BCUT2D eigenvalue weighted by atomic mass is 9.98. The molecule has 164 valence electrons. The zero-order chi connectivity index (χ0) is 23.0. The van der Waals surface area contributed by atoms with Crippen molar-refractivity contribution in [2.75, 3.05) is 0 Å². The molecule has 32 heavy (non-hydrogen) atoms. The molecular weight excluding hydrogens is 433 g/mol. The maximum Gasteiger partial charge on any atom is 0.259 e. The average molecular weight is 454 g/mol. The van der Waals surface area contributed by atoms with Gasteiger partial charge in [-0.3, -0.25) is 14.6 Å². The van der Waals surface area contributed by atoms with Gasteiger partial charge in [-0.2, -0.15) is 0 Å². The number of halogens is 2. The maximum absolute atomic E-state index is 14.6. The van der Waals surface area contributed by atoms with Crippen LogP contribution in [0.3, 0.4) is 0 Å². The molecule has 1 heterocycles. The van der Waals surface area contributed by atoms with Crippen LogP contribution in [0.4, 0.5) is 4.39 Å². The number of hydrogen-bond acceptors (Lipinski definition) is 4. The van der Waals surface area contributed by atoms with E-state index >= 15 is 0 Å². The SMILES string of the molecule is Cc1ccc(C(=O)N(C(C(N)=O)c2cccnc2)[C@@H]2CCc3c(F)cc(Cl)cc32)c(O)c1. The monoisotopic (exact) mass is 453 g/mol. The molecule has 2 atom stereocenters. The molecule has 0 fully saturated rings. The number of amides is 2. The Morgan fingerprint density at radius 3 is 2.72 bits per heavy atom. The minimum Gasteiger partial charge on any atom is -0.507 e. The molecule has 0 bridgehead atoms. The van der Waals surface area contributed by atoms with Crippen LogP contribution in [0.2, 0.25) is 5.02 Å². The summed E-state index contributed by atoms with van der Waals surface area (Å²) in [5, 5.41) is 10.7. The lowest BCUT2D eigenvalue weighted by Crippen LogP contribution is -2.43. The smallest absolute Gasteiger partial charge is 0.259 e. The number of pyridine rings is 1. The molecule has 2 amide bonds.